The van der Waals surface area contributed by atoms with Crippen LogP contribution in [0.15, 0.2) is 51.7 Å². The molecule has 2 aromatic carbocycles. The molecular formula is C20H24ClN3O3. The van der Waals surface area contributed by atoms with Crippen LogP contribution in [-0.4, -0.2) is 42.8 Å². The summed E-state index contributed by atoms with van der Waals surface area (Å²) >= 11 is 0. The Kier molecular flexibility index (Phi) is 5.77. The van der Waals surface area contributed by atoms with Gasteiger partial charge in [0.15, 0.2) is 5.58 Å². The van der Waals surface area contributed by atoms with Crippen LogP contribution in [0.4, 0.5) is 5.69 Å². The number of hydrogen-bond acceptors (Lipinski definition) is 5. The summed E-state index contributed by atoms with van der Waals surface area (Å²) in [7, 11) is 3.41. The van der Waals surface area contributed by atoms with Gasteiger partial charge in [0.05, 0.1) is 12.6 Å². The first kappa shape index (κ1) is 19.3. The molecule has 1 aliphatic heterocycles. The van der Waals surface area contributed by atoms with Crippen LogP contribution in [-0.2, 0) is 13.6 Å². The van der Waals surface area contributed by atoms with Gasteiger partial charge in [-0.15, -0.1) is 12.4 Å². The summed E-state index contributed by atoms with van der Waals surface area (Å²) in [5.41, 5.74) is 3.90. The number of halogens is 1. The molecule has 0 aliphatic carbocycles. The van der Waals surface area contributed by atoms with Crippen molar-refractivity contribution in [2.45, 2.75) is 6.54 Å². The lowest BCUT2D eigenvalue weighted by atomic mass is 10.1. The number of methoxy groups -OCH3 is 1. The number of aromatic nitrogens is 1. The molecule has 3 aromatic rings. The minimum Gasteiger partial charge on any atom is -0.497 e. The van der Waals surface area contributed by atoms with E-state index in [0.29, 0.717) is 5.58 Å². The minimum atomic E-state index is -0.315. The van der Waals surface area contributed by atoms with E-state index in [4.69, 9.17) is 9.15 Å². The van der Waals surface area contributed by atoms with E-state index < -0.39 is 0 Å². The molecule has 0 N–H and O–H groups in total. The lowest BCUT2D eigenvalue weighted by molar-refractivity contribution is 0.250. The van der Waals surface area contributed by atoms with Gasteiger partial charge in [-0.05, 0) is 42.0 Å². The molecule has 0 unspecified atom stereocenters. The summed E-state index contributed by atoms with van der Waals surface area (Å²) in [6.07, 6.45) is 0. The second-order valence-corrected chi connectivity index (χ2v) is 6.69. The van der Waals surface area contributed by atoms with E-state index >= 15 is 0 Å². The first-order chi connectivity index (χ1) is 12.6. The molecular weight excluding hydrogens is 366 g/mol. The maximum atomic E-state index is 11.6. The van der Waals surface area contributed by atoms with Crippen molar-refractivity contribution < 1.29 is 9.15 Å². The van der Waals surface area contributed by atoms with E-state index in [2.05, 4.69) is 28.0 Å². The van der Waals surface area contributed by atoms with E-state index in [1.165, 1.54) is 15.8 Å². The largest absolute Gasteiger partial charge is 0.497 e. The minimum absolute atomic E-state index is 0. The van der Waals surface area contributed by atoms with E-state index in [1.807, 2.05) is 24.3 Å². The van der Waals surface area contributed by atoms with Gasteiger partial charge in [0.1, 0.15) is 5.75 Å². The molecule has 0 radical (unpaired) electrons. The fraction of sp³-hybridized carbons (Fsp3) is 0.350. The molecule has 144 valence electrons. The van der Waals surface area contributed by atoms with Crippen LogP contribution in [0.5, 0.6) is 5.75 Å². The number of benzene rings is 2. The number of ether oxygens (including phenoxy) is 1. The van der Waals surface area contributed by atoms with E-state index in [0.717, 1.165) is 44.0 Å². The Bertz CT molecular complexity index is 957. The monoisotopic (exact) mass is 389 g/mol. The highest BCUT2D eigenvalue weighted by atomic mass is 35.5. The summed E-state index contributed by atoms with van der Waals surface area (Å²) in [6.45, 7) is 4.86. The highest BCUT2D eigenvalue weighted by Gasteiger charge is 2.18. The molecule has 0 saturated carbocycles. The van der Waals surface area contributed by atoms with Crippen molar-refractivity contribution in [3.8, 4) is 5.75 Å². The van der Waals surface area contributed by atoms with Crippen molar-refractivity contribution in [3.63, 3.8) is 0 Å². The average Bonchev–Trinajstić information content (AvgIpc) is 2.96. The summed E-state index contributed by atoms with van der Waals surface area (Å²) < 4.78 is 12.1. The third-order valence-corrected chi connectivity index (χ3v) is 5.07. The quantitative estimate of drug-likeness (QED) is 0.686. The summed E-state index contributed by atoms with van der Waals surface area (Å²) in [5, 5.41) is 0. The zero-order valence-electron chi connectivity index (χ0n) is 15.6. The molecule has 1 fully saturated rings. The van der Waals surface area contributed by atoms with E-state index in [9.17, 15) is 4.79 Å². The van der Waals surface area contributed by atoms with Gasteiger partial charge >= 0.3 is 5.76 Å². The Balaban J connectivity index is 0.00000210. The number of rotatable bonds is 4. The molecule has 6 nitrogen and oxygen atoms in total. The highest BCUT2D eigenvalue weighted by Crippen LogP contribution is 2.21. The second-order valence-electron chi connectivity index (χ2n) is 6.69. The van der Waals surface area contributed by atoms with Gasteiger partial charge in [-0.1, -0.05) is 6.07 Å². The number of aryl methyl sites for hydroxylation is 1. The van der Waals surface area contributed by atoms with Crippen molar-refractivity contribution in [1.29, 1.82) is 0 Å². The van der Waals surface area contributed by atoms with Crippen molar-refractivity contribution in [1.82, 2.24) is 9.47 Å². The molecule has 0 bridgehead atoms. The average molecular weight is 390 g/mol. The fourth-order valence-corrected chi connectivity index (χ4v) is 3.49. The van der Waals surface area contributed by atoms with Gasteiger partial charge in [0, 0.05) is 45.5 Å². The smallest absolute Gasteiger partial charge is 0.419 e. The van der Waals surface area contributed by atoms with Crippen molar-refractivity contribution in [2.75, 3.05) is 38.2 Å². The zero-order chi connectivity index (χ0) is 18.1. The maximum absolute atomic E-state index is 11.6. The molecule has 27 heavy (non-hydrogen) atoms. The third kappa shape index (κ3) is 3.96. The molecule has 0 atom stereocenters. The number of fused-ring (bicyclic) bond motifs is 1. The van der Waals surface area contributed by atoms with E-state index in [1.54, 1.807) is 14.2 Å². The number of piperazine rings is 1. The Labute approximate surface area is 164 Å². The molecule has 0 spiro atoms. The van der Waals surface area contributed by atoms with Crippen LogP contribution in [0.1, 0.15) is 5.56 Å². The number of hydrogen-bond donors (Lipinski definition) is 0. The number of anilines is 1. The highest BCUT2D eigenvalue weighted by molar-refractivity contribution is 5.85. The topological polar surface area (TPSA) is 50.9 Å². The van der Waals surface area contributed by atoms with Gasteiger partial charge in [0.2, 0.25) is 0 Å². The first-order valence-corrected chi connectivity index (χ1v) is 8.84. The Morgan fingerprint density at radius 2 is 1.74 bits per heavy atom. The Morgan fingerprint density at radius 3 is 2.41 bits per heavy atom. The van der Waals surface area contributed by atoms with Crippen LogP contribution in [0.25, 0.3) is 11.1 Å². The third-order valence-electron chi connectivity index (χ3n) is 5.07. The molecule has 2 heterocycles. The van der Waals surface area contributed by atoms with Gasteiger partial charge in [-0.3, -0.25) is 9.47 Å². The van der Waals surface area contributed by atoms with Crippen LogP contribution in [0.2, 0.25) is 0 Å². The van der Waals surface area contributed by atoms with Crippen LogP contribution >= 0.6 is 12.4 Å². The van der Waals surface area contributed by atoms with E-state index in [-0.39, 0.29) is 18.2 Å². The predicted octanol–water partition coefficient (Wildman–Crippen LogP) is 2.88. The van der Waals surface area contributed by atoms with Gasteiger partial charge < -0.3 is 14.1 Å². The van der Waals surface area contributed by atoms with Crippen LogP contribution in [0.3, 0.4) is 0 Å². The lowest BCUT2D eigenvalue weighted by Gasteiger charge is -2.36. The van der Waals surface area contributed by atoms with Crippen molar-refractivity contribution >= 4 is 29.2 Å². The SMILES string of the molecule is COc1ccc(N2CCN(Cc3ccc4c(c3)oc(=O)n4C)CC2)cc1.Cl. The van der Waals surface area contributed by atoms with Gasteiger partial charge in [-0.25, -0.2) is 4.79 Å². The molecule has 1 saturated heterocycles. The first-order valence-electron chi connectivity index (χ1n) is 8.84. The Morgan fingerprint density at radius 1 is 1.04 bits per heavy atom. The standard InChI is InChI=1S/C20H23N3O3.ClH/c1-21-18-8-3-15(13-19(18)26-20(21)24)14-22-9-11-23(12-10-22)16-4-6-17(25-2)7-5-16;/h3-8,13H,9-12,14H2,1-2H3;1H. The molecule has 0 amide bonds. The normalized spacial score (nSPS) is 15.0. The fourth-order valence-electron chi connectivity index (χ4n) is 3.49. The molecule has 1 aliphatic rings. The van der Waals surface area contributed by atoms with Crippen molar-refractivity contribution in [2.24, 2.45) is 7.05 Å². The summed E-state index contributed by atoms with van der Waals surface area (Å²) in [6, 6.07) is 14.2. The predicted molar refractivity (Wildman–Crippen MR) is 109 cm³/mol. The summed E-state index contributed by atoms with van der Waals surface area (Å²) in [5.74, 6) is 0.570. The lowest BCUT2D eigenvalue weighted by Crippen LogP contribution is -2.45. The zero-order valence-corrected chi connectivity index (χ0v) is 16.4. The van der Waals surface area contributed by atoms with Gasteiger partial charge in [-0.2, -0.15) is 0 Å². The molecule has 7 heteroatoms. The van der Waals surface area contributed by atoms with Crippen molar-refractivity contribution in [3.05, 3.63) is 58.6 Å². The van der Waals surface area contributed by atoms with Crippen LogP contribution in [0, 0.1) is 0 Å². The molecule has 4 rings (SSSR count). The molecule has 1 aromatic heterocycles. The Hall–Kier alpha value is -2.44. The maximum Gasteiger partial charge on any atom is 0.419 e. The van der Waals surface area contributed by atoms with Gasteiger partial charge in [0.25, 0.3) is 0 Å². The van der Waals surface area contributed by atoms with Crippen LogP contribution < -0.4 is 15.4 Å². The second kappa shape index (κ2) is 8.06. The number of nitrogens with zero attached hydrogens (tertiary/aromatic N) is 3. The number of oxazole rings is 1. The summed E-state index contributed by atoms with van der Waals surface area (Å²) in [4.78, 5) is 16.5.